The minimum Gasteiger partial charge on any atom is -0.508 e. The highest BCUT2D eigenvalue weighted by Gasteiger charge is 2.11. The van der Waals surface area contributed by atoms with Crippen molar-refractivity contribution in [2.24, 2.45) is 0 Å². The highest BCUT2D eigenvalue weighted by molar-refractivity contribution is 5.94. The average molecular weight is 259 g/mol. The molecule has 2 rings (SSSR count). The van der Waals surface area contributed by atoms with Gasteiger partial charge < -0.3 is 10.4 Å². The van der Waals surface area contributed by atoms with Crippen LogP contribution in [0.4, 0.5) is 4.39 Å². The number of halogens is 1. The fourth-order valence-corrected chi connectivity index (χ4v) is 1.74. The molecule has 0 aliphatic rings. The summed E-state index contributed by atoms with van der Waals surface area (Å²) in [5.74, 6) is -0.942. The molecule has 0 unspecified atom stereocenters. The number of aromatic hydroxyl groups is 1. The maximum atomic E-state index is 13.6. The number of para-hydroxylation sites is 1. The standard InChI is InChI=1S/C15H14FNO2/c1-10-6-7-12(13(16)8-10)15(19)17-9-11-4-2-3-5-14(11)18/h2-8,18H,9H2,1H3,(H,17,19). The second kappa shape index (κ2) is 5.52. The summed E-state index contributed by atoms with van der Waals surface area (Å²) >= 11 is 0. The molecule has 4 heteroatoms. The monoisotopic (exact) mass is 259 g/mol. The average Bonchev–Trinajstić information content (AvgIpc) is 2.37. The van der Waals surface area contributed by atoms with Crippen LogP contribution in [0.2, 0.25) is 0 Å². The van der Waals surface area contributed by atoms with E-state index >= 15 is 0 Å². The SMILES string of the molecule is Cc1ccc(C(=O)NCc2ccccc2O)c(F)c1. The van der Waals surface area contributed by atoms with Crippen LogP contribution in [0.1, 0.15) is 21.5 Å². The number of benzene rings is 2. The van der Waals surface area contributed by atoms with Crippen LogP contribution in [-0.4, -0.2) is 11.0 Å². The normalized spacial score (nSPS) is 10.2. The van der Waals surface area contributed by atoms with Crippen LogP contribution in [0.15, 0.2) is 42.5 Å². The highest BCUT2D eigenvalue weighted by Crippen LogP contribution is 2.15. The summed E-state index contributed by atoms with van der Waals surface area (Å²) < 4.78 is 13.6. The number of nitrogens with one attached hydrogen (secondary N) is 1. The van der Waals surface area contributed by atoms with Crippen molar-refractivity contribution in [3.63, 3.8) is 0 Å². The number of aryl methyl sites for hydroxylation is 1. The molecule has 0 aliphatic heterocycles. The van der Waals surface area contributed by atoms with Gasteiger partial charge in [0.2, 0.25) is 0 Å². The molecule has 2 aromatic carbocycles. The predicted octanol–water partition coefficient (Wildman–Crippen LogP) is 2.77. The fraction of sp³-hybridized carbons (Fsp3) is 0.133. The van der Waals surface area contributed by atoms with E-state index in [4.69, 9.17) is 0 Å². The molecule has 0 saturated heterocycles. The van der Waals surface area contributed by atoms with Crippen molar-refractivity contribution >= 4 is 5.91 Å². The van der Waals surface area contributed by atoms with Gasteiger partial charge in [0.15, 0.2) is 0 Å². The third kappa shape index (κ3) is 3.10. The van der Waals surface area contributed by atoms with Crippen molar-refractivity contribution in [3.8, 4) is 5.75 Å². The van der Waals surface area contributed by atoms with Crippen molar-refractivity contribution in [1.29, 1.82) is 0 Å². The Bertz CT molecular complexity index is 611. The van der Waals surface area contributed by atoms with E-state index in [1.54, 1.807) is 31.2 Å². The number of carbonyl (C=O) groups excluding carboxylic acids is 1. The zero-order valence-corrected chi connectivity index (χ0v) is 10.5. The highest BCUT2D eigenvalue weighted by atomic mass is 19.1. The van der Waals surface area contributed by atoms with Crippen molar-refractivity contribution in [3.05, 3.63) is 65.0 Å². The lowest BCUT2D eigenvalue weighted by atomic mass is 10.1. The molecule has 0 aromatic heterocycles. The molecule has 0 atom stereocenters. The van der Waals surface area contributed by atoms with E-state index in [0.717, 1.165) is 5.56 Å². The van der Waals surface area contributed by atoms with Crippen LogP contribution in [-0.2, 0) is 6.54 Å². The molecular formula is C15H14FNO2. The van der Waals surface area contributed by atoms with Crippen molar-refractivity contribution in [2.75, 3.05) is 0 Å². The van der Waals surface area contributed by atoms with E-state index in [1.165, 1.54) is 18.2 Å². The maximum absolute atomic E-state index is 13.6. The molecule has 1 amide bonds. The summed E-state index contributed by atoms with van der Waals surface area (Å²) in [4.78, 5) is 11.8. The first kappa shape index (κ1) is 13.1. The fourth-order valence-electron chi connectivity index (χ4n) is 1.74. The number of amides is 1. The van der Waals surface area contributed by atoms with Crippen molar-refractivity contribution < 1.29 is 14.3 Å². The number of carbonyl (C=O) groups is 1. The van der Waals surface area contributed by atoms with E-state index in [1.807, 2.05) is 0 Å². The van der Waals surface area contributed by atoms with Gasteiger partial charge in [0, 0.05) is 12.1 Å². The molecular weight excluding hydrogens is 245 g/mol. The Morgan fingerprint density at radius 1 is 1.26 bits per heavy atom. The summed E-state index contributed by atoms with van der Waals surface area (Å²) in [5, 5.41) is 12.1. The molecule has 19 heavy (non-hydrogen) atoms. The molecule has 0 radical (unpaired) electrons. The van der Waals surface area contributed by atoms with Crippen LogP contribution in [0.3, 0.4) is 0 Å². The van der Waals surface area contributed by atoms with Gasteiger partial charge in [0.05, 0.1) is 5.56 Å². The molecule has 3 nitrogen and oxygen atoms in total. The number of hydrogen-bond acceptors (Lipinski definition) is 2. The Morgan fingerprint density at radius 2 is 2.00 bits per heavy atom. The van der Waals surface area contributed by atoms with Gasteiger partial charge in [-0.1, -0.05) is 24.3 Å². The first-order valence-corrected chi connectivity index (χ1v) is 5.89. The van der Waals surface area contributed by atoms with E-state index < -0.39 is 11.7 Å². The summed E-state index contributed by atoms with van der Waals surface area (Å²) in [6.45, 7) is 1.91. The van der Waals surface area contributed by atoms with Crippen LogP contribution >= 0.6 is 0 Å². The second-order valence-corrected chi connectivity index (χ2v) is 4.29. The summed E-state index contributed by atoms with van der Waals surface area (Å²) in [6, 6.07) is 11.1. The number of hydrogen-bond donors (Lipinski definition) is 2. The minimum absolute atomic E-state index is 0.000945. The number of rotatable bonds is 3. The summed E-state index contributed by atoms with van der Waals surface area (Å²) in [7, 11) is 0. The molecule has 2 N–H and O–H groups in total. The molecule has 0 saturated carbocycles. The Kier molecular flexibility index (Phi) is 3.80. The smallest absolute Gasteiger partial charge is 0.254 e. The molecule has 2 aromatic rings. The summed E-state index contributed by atoms with van der Waals surface area (Å²) in [6.07, 6.45) is 0. The van der Waals surface area contributed by atoms with Gasteiger partial charge in [-0.15, -0.1) is 0 Å². The Morgan fingerprint density at radius 3 is 2.68 bits per heavy atom. The van der Waals surface area contributed by atoms with Gasteiger partial charge in [-0.25, -0.2) is 4.39 Å². The van der Waals surface area contributed by atoms with E-state index in [2.05, 4.69) is 5.32 Å². The van der Waals surface area contributed by atoms with E-state index in [0.29, 0.717) is 5.56 Å². The Labute approximate surface area is 110 Å². The van der Waals surface area contributed by atoms with Gasteiger partial charge >= 0.3 is 0 Å². The molecule has 0 fully saturated rings. The lowest BCUT2D eigenvalue weighted by Gasteiger charge is -2.08. The first-order chi connectivity index (χ1) is 9.08. The zero-order valence-electron chi connectivity index (χ0n) is 10.5. The number of phenols is 1. The van der Waals surface area contributed by atoms with Crippen LogP contribution in [0.25, 0.3) is 0 Å². The Hall–Kier alpha value is -2.36. The quantitative estimate of drug-likeness (QED) is 0.890. The molecule has 0 bridgehead atoms. The van der Waals surface area contributed by atoms with E-state index in [9.17, 15) is 14.3 Å². The first-order valence-electron chi connectivity index (χ1n) is 5.89. The van der Waals surface area contributed by atoms with Crippen LogP contribution in [0, 0.1) is 12.7 Å². The third-order valence-corrected chi connectivity index (χ3v) is 2.80. The topological polar surface area (TPSA) is 49.3 Å². The lowest BCUT2D eigenvalue weighted by Crippen LogP contribution is -2.23. The number of phenolic OH excluding ortho intramolecular Hbond substituents is 1. The molecule has 0 aliphatic carbocycles. The lowest BCUT2D eigenvalue weighted by molar-refractivity contribution is 0.0946. The van der Waals surface area contributed by atoms with E-state index in [-0.39, 0.29) is 17.9 Å². The second-order valence-electron chi connectivity index (χ2n) is 4.29. The van der Waals surface area contributed by atoms with Crippen molar-refractivity contribution in [1.82, 2.24) is 5.32 Å². The molecule has 0 spiro atoms. The van der Waals surface area contributed by atoms with Crippen LogP contribution in [0.5, 0.6) is 5.75 Å². The van der Waals surface area contributed by atoms with Gasteiger partial charge in [-0.05, 0) is 30.7 Å². The Balaban J connectivity index is 2.08. The van der Waals surface area contributed by atoms with Crippen LogP contribution < -0.4 is 5.32 Å². The molecule has 0 heterocycles. The predicted molar refractivity (Wildman–Crippen MR) is 70.4 cm³/mol. The maximum Gasteiger partial charge on any atom is 0.254 e. The molecule has 98 valence electrons. The van der Waals surface area contributed by atoms with Gasteiger partial charge in [0.25, 0.3) is 5.91 Å². The minimum atomic E-state index is -0.546. The van der Waals surface area contributed by atoms with Crippen molar-refractivity contribution in [2.45, 2.75) is 13.5 Å². The zero-order chi connectivity index (χ0) is 13.8. The third-order valence-electron chi connectivity index (χ3n) is 2.80. The largest absolute Gasteiger partial charge is 0.508 e. The van der Waals surface area contributed by atoms with Gasteiger partial charge in [0.1, 0.15) is 11.6 Å². The van der Waals surface area contributed by atoms with Gasteiger partial charge in [-0.2, -0.15) is 0 Å². The van der Waals surface area contributed by atoms with Gasteiger partial charge in [-0.3, -0.25) is 4.79 Å². The summed E-state index contributed by atoms with van der Waals surface area (Å²) in [5.41, 5.74) is 1.35.